The van der Waals surface area contributed by atoms with E-state index in [1.807, 2.05) is 19.9 Å². The molecule has 0 bridgehead atoms. The van der Waals surface area contributed by atoms with Gasteiger partial charge in [-0.05, 0) is 32.0 Å². The SMILES string of the molecule is Cc1cc(-c2nnc3ccc(C#N)cn23)c(C)o1. The maximum Gasteiger partial charge on any atom is 0.171 e. The minimum atomic E-state index is 0.571. The zero-order chi connectivity index (χ0) is 12.7. The third-order valence-corrected chi connectivity index (χ3v) is 2.81. The first-order valence-corrected chi connectivity index (χ1v) is 5.51. The second kappa shape index (κ2) is 3.70. The topological polar surface area (TPSA) is 67.1 Å². The Morgan fingerprint density at radius 3 is 2.78 bits per heavy atom. The lowest BCUT2D eigenvalue weighted by Gasteiger charge is -1.98. The standard InChI is InChI=1S/C13H10N4O/c1-8-5-11(9(2)18-8)13-16-15-12-4-3-10(6-14)7-17(12)13/h3-5,7H,1-2H3. The molecular weight excluding hydrogens is 228 g/mol. The summed E-state index contributed by atoms with van der Waals surface area (Å²) in [5.41, 5.74) is 2.18. The molecular formula is C13H10N4O. The number of pyridine rings is 1. The van der Waals surface area contributed by atoms with E-state index >= 15 is 0 Å². The highest BCUT2D eigenvalue weighted by Crippen LogP contribution is 2.25. The molecule has 3 aromatic rings. The first-order valence-electron chi connectivity index (χ1n) is 5.51. The molecule has 0 amide bonds. The second-order valence-corrected chi connectivity index (χ2v) is 4.11. The van der Waals surface area contributed by atoms with Gasteiger partial charge in [0.05, 0.1) is 11.1 Å². The maximum absolute atomic E-state index is 8.93. The number of nitrogens with zero attached hydrogens (tertiary/aromatic N) is 4. The van der Waals surface area contributed by atoms with E-state index in [1.54, 1.807) is 22.7 Å². The first-order chi connectivity index (χ1) is 8.69. The number of fused-ring (bicyclic) bond motifs is 1. The molecule has 0 aromatic carbocycles. The van der Waals surface area contributed by atoms with Crippen LogP contribution in [0.2, 0.25) is 0 Å². The van der Waals surface area contributed by atoms with Crippen molar-refractivity contribution in [2.75, 3.05) is 0 Å². The zero-order valence-electron chi connectivity index (χ0n) is 10.0. The van der Waals surface area contributed by atoms with Crippen molar-refractivity contribution in [2.45, 2.75) is 13.8 Å². The van der Waals surface area contributed by atoms with Crippen LogP contribution in [0.5, 0.6) is 0 Å². The maximum atomic E-state index is 8.93. The van der Waals surface area contributed by atoms with Crippen molar-refractivity contribution in [3.8, 4) is 17.5 Å². The summed E-state index contributed by atoms with van der Waals surface area (Å²) in [5.74, 6) is 2.32. The third kappa shape index (κ3) is 1.47. The van der Waals surface area contributed by atoms with Gasteiger partial charge in [0, 0.05) is 6.20 Å². The van der Waals surface area contributed by atoms with Crippen molar-refractivity contribution < 1.29 is 4.42 Å². The number of hydrogen-bond donors (Lipinski definition) is 0. The fourth-order valence-electron chi connectivity index (χ4n) is 1.99. The van der Waals surface area contributed by atoms with Gasteiger partial charge in [-0.3, -0.25) is 4.40 Å². The van der Waals surface area contributed by atoms with Crippen LogP contribution in [0.3, 0.4) is 0 Å². The van der Waals surface area contributed by atoms with Crippen molar-refractivity contribution in [2.24, 2.45) is 0 Å². The molecule has 88 valence electrons. The molecule has 0 unspecified atom stereocenters. The van der Waals surface area contributed by atoms with Gasteiger partial charge in [0.25, 0.3) is 0 Å². The van der Waals surface area contributed by atoms with Gasteiger partial charge in [0.15, 0.2) is 11.5 Å². The molecule has 0 aliphatic carbocycles. The Morgan fingerprint density at radius 2 is 2.11 bits per heavy atom. The van der Waals surface area contributed by atoms with Crippen LogP contribution in [0, 0.1) is 25.2 Å². The monoisotopic (exact) mass is 238 g/mol. The van der Waals surface area contributed by atoms with Gasteiger partial charge < -0.3 is 4.42 Å². The van der Waals surface area contributed by atoms with Crippen LogP contribution >= 0.6 is 0 Å². The quantitative estimate of drug-likeness (QED) is 0.653. The van der Waals surface area contributed by atoms with Crippen LogP contribution in [0.4, 0.5) is 0 Å². The van der Waals surface area contributed by atoms with E-state index in [2.05, 4.69) is 16.3 Å². The fourth-order valence-corrected chi connectivity index (χ4v) is 1.99. The highest BCUT2D eigenvalue weighted by molar-refractivity contribution is 5.62. The molecule has 3 heterocycles. The summed E-state index contributed by atoms with van der Waals surface area (Å²) in [6, 6.07) is 7.53. The van der Waals surface area contributed by atoms with Gasteiger partial charge in [0.2, 0.25) is 0 Å². The molecule has 0 atom stereocenters. The van der Waals surface area contributed by atoms with Crippen LogP contribution in [0.15, 0.2) is 28.8 Å². The van der Waals surface area contributed by atoms with E-state index in [-0.39, 0.29) is 0 Å². The van der Waals surface area contributed by atoms with Crippen molar-refractivity contribution in [3.63, 3.8) is 0 Å². The molecule has 0 aliphatic rings. The van der Waals surface area contributed by atoms with E-state index in [0.717, 1.165) is 17.1 Å². The highest BCUT2D eigenvalue weighted by Gasteiger charge is 2.14. The van der Waals surface area contributed by atoms with E-state index in [1.165, 1.54) is 0 Å². The molecule has 0 fully saturated rings. The van der Waals surface area contributed by atoms with Gasteiger partial charge >= 0.3 is 0 Å². The minimum Gasteiger partial charge on any atom is -0.466 e. The largest absolute Gasteiger partial charge is 0.466 e. The lowest BCUT2D eigenvalue weighted by Crippen LogP contribution is -1.90. The second-order valence-electron chi connectivity index (χ2n) is 4.11. The molecule has 5 nitrogen and oxygen atoms in total. The average molecular weight is 238 g/mol. The van der Waals surface area contributed by atoms with Crippen LogP contribution < -0.4 is 0 Å². The summed E-state index contributed by atoms with van der Waals surface area (Å²) in [7, 11) is 0. The number of nitriles is 1. The van der Waals surface area contributed by atoms with Crippen molar-refractivity contribution in [1.29, 1.82) is 5.26 Å². The Labute approximate surface area is 103 Å². The number of aryl methyl sites for hydroxylation is 2. The number of rotatable bonds is 1. The molecule has 3 rings (SSSR count). The van der Waals surface area contributed by atoms with E-state index in [4.69, 9.17) is 9.68 Å². The first kappa shape index (κ1) is 10.5. The number of aromatic nitrogens is 3. The molecule has 5 heteroatoms. The lowest BCUT2D eigenvalue weighted by atomic mass is 10.2. The Balaban J connectivity index is 2.30. The summed E-state index contributed by atoms with van der Waals surface area (Å²) in [6.45, 7) is 3.78. The van der Waals surface area contributed by atoms with Crippen LogP contribution in [-0.2, 0) is 0 Å². The molecule has 0 N–H and O–H groups in total. The summed E-state index contributed by atoms with van der Waals surface area (Å²) < 4.78 is 7.30. The third-order valence-electron chi connectivity index (χ3n) is 2.81. The molecule has 3 aromatic heterocycles. The van der Waals surface area contributed by atoms with E-state index in [9.17, 15) is 0 Å². The minimum absolute atomic E-state index is 0.571. The van der Waals surface area contributed by atoms with Gasteiger partial charge in [-0.1, -0.05) is 0 Å². The van der Waals surface area contributed by atoms with Crippen molar-refractivity contribution in [3.05, 3.63) is 41.5 Å². The van der Waals surface area contributed by atoms with Gasteiger partial charge in [-0.25, -0.2) is 0 Å². The Morgan fingerprint density at radius 1 is 1.28 bits per heavy atom. The van der Waals surface area contributed by atoms with Gasteiger partial charge in [-0.15, -0.1) is 10.2 Å². The normalized spacial score (nSPS) is 10.7. The van der Waals surface area contributed by atoms with Crippen LogP contribution in [-0.4, -0.2) is 14.6 Å². The van der Waals surface area contributed by atoms with Crippen molar-refractivity contribution in [1.82, 2.24) is 14.6 Å². The zero-order valence-corrected chi connectivity index (χ0v) is 10.0. The summed E-state index contributed by atoms with van der Waals surface area (Å²) in [6.07, 6.45) is 1.73. The molecule has 0 aliphatic heterocycles. The molecule has 18 heavy (non-hydrogen) atoms. The molecule has 0 saturated heterocycles. The summed E-state index contributed by atoms with van der Waals surface area (Å²) >= 11 is 0. The van der Waals surface area contributed by atoms with Gasteiger partial charge in [-0.2, -0.15) is 5.26 Å². The predicted molar refractivity (Wildman–Crippen MR) is 64.9 cm³/mol. The smallest absolute Gasteiger partial charge is 0.171 e. The van der Waals surface area contributed by atoms with Crippen molar-refractivity contribution >= 4 is 5.65 Å². The number of furan rings is 1. The Hall–Kier alpha value is -2.61. The van der Waals surface area contributed by atoms with E-state index < -0.39 is 0 Å². The molecule has 0 spiro atoms. The van der Waals surface area contributed by atoms with Gasteiger partial charge in [0.1, 0.15) is 17.6 Å². The lowest BCUT2D eigenvalue weighted by molar-refractivity contribution is 0.505. The molecule has 0 saturated carbocycles. The van der Waals surface area contributed by atoms with Crippen LogP contribution in [0.25, 0.3) is 17.0 Å². The Bertz CT molecular complexity index is 776. The number of hydrogen-bond acceptors (Lipinski definition) is 4. The Kier molecular flexibility index (Phi) is 2.17. The summed E-state index contributed by atoms with van der Waals surface area (Å²) in [5, 5.41) is 17.2. The summed E-state index contributed by atoms with van der Waals surface area (Å²) in [4.78, 5) is 0. The highest BCUT2D eigenvalue weighted by atomic mass is 16.3. The van der Waals surface area contributed by atoms with E-state index in [0.29, 0.717) is 17.0 Å². The van der Waals surface area contributed by atoms with Crippen LogP contribution in [0.1, 0.15) is 17.1 Å². The molecule has 0 radical (unpaired) electrons. The average Bonchev–Trinajstić information content (AvgIpc) is 2.91. The fraction of sp³-hybridized carbons (Fsp3) is 0.154. The predicted octanol–water partition coefficient (Wildman–Crippen LogP) is 2.48.